The van der Waals surface area contributed by atoms with E-state index in [1.165, 1.54) is 0 Å². The van der Waals surface area contributed by atoms with Crippen molar-refractivity contribution in [2.45, 2.75) is 6.61 Å². The molecule has 0 bridgehead atoms. The standard InChI is InChI=1S/C17H21N3O3/c1-22-10-9-18-12-17(21)20-16-11-15(7-8-19-16)23-13-14-5-3-2-4-6-14/h2-8,11,18H,9-10,12-13H2,1H3,(H,19,20,21). The first-order valence-electron chi connectivity index (χ1n) is 7.40. The van der Waals surface area contributed by atoms with E-state index in [4.69, 9.17) is 9.47 Å². The fourth-order valence-corrected chi connectivity index (χ4v) is 1.87. The lowest BCUT2D eigenvalue weighted by Crippen LogP contribution is -2.30. The fourth-order valence-electron chi connectivity index (χ4n) is 1.87. The lowest BCUT2D eigenvalue weighted by molar-refractivity contribution is -0.115. The summed E-state index contributed by atoms with van der Waals surface area (Å²) in [7, 11) is 1.62. The minimum atomic E-state index is -0.159. The first-order chi connectivity index (χ1) is 11.3. The van der Waals surface area contributed by atoms with Crippen LogP contribution < -0.4 is 15.4 Å². The molecule has 0 radical (unpaired) electrons. The fraction of sp³-hybridized carbons (Fsp3) is 0.294. The number of pyridine rings is 1. The molecule has 0 atom stereocenters. The number of nitrogens with one attached hydrogen (secondary N) is 2. The smallest absolute Gasteiger partial charge is 0.239 e. The Morgan fingerprint density at radius 2 is 2.04 bits per heavy atom. The molecule has 2 rings (SSSR count). The van der Waals surface area contributed by atoms with Crippen LogP contribution in [0.25, 0.3) is 0 Å². The second kappa shape index (κ2) is 9.55. The minimum absolute atomic E-state index is 0.159. The topological polar surface area (TPSA) is 72.5 Å². The average molecular weight is 315 g/mol. The van der Waals surface area contributed by atoms with E-state index in [9.17, 15) is 4.79 Å². The van der Waals surface area contributed by atoms with Crippen LogP contribution in [0.15, 0.2) is 48.7 Å². The van der Waals surface area contributed by atoms with Crippen molar-refractivity contribution in [3.63, 3.8) is 0 Å². The van der Waals surface area contributed by atoms with Gasteiger partial charge in [0.05, 0.1) is 13.2 Å². The Kier molecular flexibility index (Phi) is 7.03. The molecule has 0 aliphatic carbocycles. The van der Waals surface area contributed by atoms with E-state index >= 15 is 0 Å². The van der Waals surface area contributed by atoms with Crippen molar-refractivity contribution in [2.75, 3.05) is 32.1 Å². The molecule has 1 aromatic carbocycles. The van der Waals surface area contributed by atoms with Gasteiger partial charge in [-0.25, -0.2) is 4.98 Å². The van der Waals surface area contributed by atoms with Gasteiger partial charge in [0.15, 0.2) is 0 Å². The Labute approximate surface area is 135 Å². The summed E-state index contributed by atoms with van der Waals surface area (Å²) >= 11 is 0. The van der Waals surface area contributed by atoms with E-state index in [0.29, 0.717) is 31.3 Å². The predicted molar refractivity (Wildman–Crippen MR) is 88.4 cm³/mol. The van der Waals surface area contributed by atoms with Crippen LogP contribution in [-0.2, 0) is 16.1 Å². The number of rotatable bonds is 9. The molecule has 1 amide bonds. The van der Waals surface area contributed by atoms with E-state index in [1.54, 1.807) is 25.4 Å². The summed E-state index contributed by atoms with van der Waals surface area (Å²) in [5.74, 6) is 0.967. The monoisotopic (exact) mass is 315 g/mol. The summed E-state index contributed by atoms with van der Waals surface area (Å²) in [6.07, 6.45) is 1.61. The molecule has 6 nitrogen and oxygen atoms in total. The van der Waals surface area contributed by atoms with E-state index in [-0.39, 0.29) is 12.5 Å². The summed E-state index contributed by atoms with van der Waals surface area (Å²) in [6.45, 7) is 1.86. The molecule has 6 heteroatoms. The van der Waals surface area contributed by atoms with Crippen molar-refractivity contribution < 1.29 is 14.3 Å². The van der Waals surface area contributed by atoms with E-state index in [2.05, 4.69) is 15.6 Å². The van der Waals surface area contributed by atoms with Crippen molar-refractivity contribution in [1.29, 1.82) is 0 Å². The number of aromatic nitrogens is 1. The van der Waals surface area contributed by atoms with Gasteiger partial charge in [-0.2, -0.15) is 0 Å². The summed E-state index contributed by atoms with van der Waals surface area (Å²) < 4.78 is 10.6. The van der Waals surface area contributed by atoms with Crippen LogP contribution in [-0.4, -0.2) is 37.7 Å². The molecule has 1 aromatic heterocycles. The third-order valence-electron chi connectivity index (χ3n) is 3.02. The maximum absolute atomic E-state index is 11.8. The van der Waals surface area contributed by atoms with Crippen LogP contribution in [0.2, 0.25) is 0 Å². The van der Waals surface area contributed by atoms with Gasteiger partial charge in [0.2, 0.25) is 5.91 Å². The number of carbonyl (C=O) groups is 1. The Balaban J connectivity index is 1.81. The summed E-state index contributed by atoms with van der Waals surface area (Å²) in [5.41, 5.74) is 1.08. The molecule has 0 fully saturated rings. The van der Waals surface area contributed by atoms with Crippen LogP contribution in [0.4, 0.5) is 5.82 Å². The molecule has 23 heavy (non-hydrogen) atoms. The normalized spacial score (nSPS) is 10.3. The Hall–Kier alpha value is -2.44. The zero-order chi connectivity index (χ0) is 16.3. The Morgan fingerprint density at radius 1 is 1.22 bits per heavy atom. The van der Waals surface area contributed by atoms with Crippen LogP contribution in [0.3, 0.4) is 0 Å². The number of nitrogens with zero attached hydrogens (tertiary/aromatic N) is 1. The zero-order valence-electron chi connectivity index (χ0n) is 13.1. The van der Waals surface area contributed by atoms with E-state index in [0.717, 1.165) is 5.56 Å². The number of hydrogen-bond acceptors (Lipinski definition) is 5. The first kappa shape index (κ1) is 16.9. The highest BCUT2D eigenvalue weighted by Crippen LogP contribution is 2.16. The number of carbonyl (C=O) groups excluding carboxylic acids is 1. The molecule has 0 spiro atoms. The van der Waals surface area contributed by atoms with Gasteiger partial charge in [-0.1, -0.05) is 30.3 Å². The van der Waals surface area contributed by atoms with Crippen molar-refractivity contribution in [1.82, 2.24) is 10.3 Å². The Bertz CT molecular complexity index is 605. The average Bonchev–Trinajstić information content (AvgIpc) is 2.58. The molecule has 1 heterocycles. The minimum Gasteiger partial charge on any atom is -0.489 e. The molecule has 0 saturated heterocycles. The number of methoxy groups -OCH3 is 1. The molecule has 0 aliphatic rings. The third kappa shape index (κ3) is 6.46. The highest BCUT2D eigenvalue weighted by Gasteiger charge is 2.04. The second-order valence-electron chi connectivity index (χ2n) is 4.87. The highest BCUT2D eigenvalue weighted by molar-refractivity contribution is 5.91. The molecule has 0 unspecified atom stereocenters. The maximum atomic E-state index is 11.8. The third-order valence-corrected chi connectivity index (χ3v) is 3.02. The molecular weight excluding hydrogens is 294 g/mol. The van der Waals surface area contributed by atoms with Crippen LogP contribution in [0.1, 0.15) is 5.56 Å². The number of anilines is 1. The number of ether oxygens (including phenoxy) is 2. The zero-order valence-corrected chi connectivity index (χ0v) is 13.1. The van der Waals surface area contributed by atoms with Gasteiger partial charge in [0.25, 0.3) is 0 Å². The second-order valence-corrected chi connectivity index (χ2v) is 4.87. The van der Waals surface area contributed by atoms with Gasteiger partial charge in [-0.05, 0) is 11.6 Å². The lowest BCUT2D eigenvalue weighted by atomic mass is 10.2. The molecule has 2 aromatic rings. The largest absolute Gasteiger partial charge is 0.489 e. The van der Waals surface area contributed by atoms with Crippen LogP contribution >= 0.6 is 0 Å². The number of benzene rings is 1. The van der Waals surface area contributed by atoms with Gasteiger partial charge in [-0.15, -0.1) is 0 Å². The SMILES string of the molecule is COCCNCC(=O)Nc1cc(OCc2ccccc2)ccn1. The van der Waals surface area contributed by atoms with Crippen molar-refractivity contribution in [2.24, 2.45) is 0 Å². The first-order valence-corrected chi connectivity index (χ1v) is 7.40. The van der Waals surface area contributed by atoms with E-state index < -0.39 is 0 Å². The Morgan fingerprint density at radius 3 is 2.83 bits per heavy atom. The van der Waals surface area contributed by atoms with Crippen LogP contribution in [0.5, 0.6) is 5.75 Å². The van der Waals surface area contributed by atoms with Gasteiger partial charge in [0, 0.05) is 25.9 Å². The van der Waals surface area contributed by atoms with Gasteiger partial charge in [-0.3, -0.25) is 4.79 Å². The lowest BCUT2D eigenvalue weighted by Gasteiger charge is -2.09. The molecule has 122 valence electrons. The van der Waals surface area contributed by atoms with Crippen LogP contribution in [0, 0.1) is 0 Å². The summed E-state index contributed by atoms with van der Waals surface area (Å²) in [5, 5.41) is 5.70. The summed E-state index contributed by atoms with van der Waals surface area (Å²) in [4.78, 5) is 15.9. The molecule has 0 aliphatic heterocycles. The quantitative estimate of drug-likeness (QED) is 0.691. The predicted octanol–water partition coefficient (Wildman–Crippen LogP) is 1.84. The van der Waals surface area contributed by atoms with Crippen molar-refractivity contribution in [3.8, 4) is 5.75 Å². The molecular formula is C17H21N3O3. The number of amides is 1. The number of hydrogen-bond donors (Lipinski definition) is 2. The van der Waals surface area contributed by atoms with Gasteiger partial charge in [0.1, 0.15) is 18.2 Å². The van der Waals surface area contributed by atoms with Crippen molar-refractivity contribution in [3.05, 3.63) is 54.2 Å². The maximum Gasteiger partial charge on any atom is 0.239 e. The summed E-state index contributed by atoms with van der Waals surface area (Å²) in [6, 6.07) is 13.3. The highest BCUT2D eigenvalue weighted by atomic mass is 16.5. The van der Waals surface area contributed by atoms with Gasteiger partial charge < -0.3 is 20.1 Å². The molecule has 0 saturated carbocycles. The molecule has 2 N–H and O–H groups in total. The van der Waals surface area contributed by atoms with Gasteiger partial charge >= 0.3 is 0 Å². The van der Waals surface area contributed by atoms with E-state index in [1.807, 2.05) is 30.3 Å². The van der Waals surface area contributed by atoms with Crippen molar-refractivity contribution >= 4 is 11.7 Å².